The molecular formula is C23H27N5O5S2. The van der Waals surface area contributed by atoms with Gasteiger partial charge in [-0.1, -0.05) is 0 Å². The lowest BCUT2D eigenvalue weighted by atomic mass is 10.2. The number of carbonyl (C=O) groups is 1. The van der Waals surface area contributed by atoms with E-state index < -0.39 is 5.97 Å². The van der Waals surface area contributed by atoms with Crippen molar-refractivity contribution in [2.24, 2.45) is 0 Å². The maximum atomic E-state index is 12.9. The van der Waals surface area contributed by atoms with E-state index in [-0.39, 0.29) is 22.4 Å². The summed E-state index contributed by atoms with van der Waals surface area (Å²) in [6.07, 6.45) is 1.55. The number of hydrogen-bond donors (Lipinski definition) is 2. The van der Waals surface area contributed by atoms with Gasteiger partial charge in [0.2, 0.25) is 0 Å². The van der Waals surface area contributed by atoms with Crippen LogP contribution in [0, 0.1) is 11.3 Å². The molecular weight excluding hydrogens is 490 g/mol. The van der Waals surface area contributed by atoms with Crippen LogP contribution in [0.1, 0.15) is 13.8 Å². The third kappa shape index (κ3) is 6.19. The fraction of sp³-hybridized carbons (Fsp3) is 0.391. The molecule has 1 aromatic carbocycles. The first kappa shape index (κ1) is 26.2. The molecule has 0 spiro atoms. The Kier molecular flexibility index (Phi) is 9.25. The molecule has 1 saturated heterocycles. The van der Waals surface area contributed by atoms with Crippen molar-refractivity contribution in [2.45, 2.75) is 20.4 Å². The largest absolute Gasteiger partial charge is 0.495 e. The van der Waals surface area contributed by atoms with E-state index in [9.17, 15) is 14.9 Å². The first-order valence-corrected chi connectivity index (χ1v) is 12.3. The molecule has 0 radical (unpaired) electrons. The molecule has 10 nitrogen and oxygen atoms in total. The third-order valence-electron chi connectivity index (χ3n) is 5.14. The third-order valence-corrected chi connectivity index (χ3v) is 6.63. The Labute approximate surface area is 212 Å². The summed E-state index contributed by atoms with van der Waals surface area (Å²) in [7, 11) is 1.57. The minimum atomic E-state index is -0.750. The van der Waals surface area contributed by atoms with E-state index in [2.05, 4.69) is 10.6 Å². The van der Waals surface area contributed by atoms with Crippen LogP contribution in [0.4, 0.5) is 11.4 Å². The zero-order valence-electron chi connectivity index (χ0n) is 19.8. The van der Waals surface area contributed by atoms with Gasteiger partial charge in [-0.2, -0.15) is 5.26 Å². The summed E-state index contributed by atoms with van der Waals surface area (Å²) in [6.45, 7) is 6.52. The number of thiocarbonyl (C=S) groups is 1. The normalized spacial score (nSPS) is 14.7. The molecule has 2 aromatic rings. The Balaban J connectivity index is 1.92. The second-order valence-corrected chi connectivity index (χ2v) is 8.68. The number of nitriles is 1. The zero-order valence-corrected chi connectivity index (χ0v) is 21.4. The van der Waals surface area contributed by atoms with Crippen molar-refractivity contribution < 1.29 is 19.0 Å². The number of thiazole rings is 1. The summed E-state index contributed by atoms with van der Waals surface area (Å²) >= 11 is 6.59. The summed E-state index contributed by atoms with van der Waals surface area (Å²) in [6, 6.07) is 7.28. The van der Waals surface area contributed by atoms with Crippen LogP contribution in [0.3, 0.4) is 0 Å². The number of rotatable bonds is 7. The van der Waals surface area contributed by atoms with Gasteiger partial charge < -0.3 is 29.7 Å². The highest BCUT2D eigenvalue weighted by atomic mass is 32.1. The molecule has 1 fully saturated rings. The average Bonchev–Trinajstić information content (AvgIpc) is 3.18. The van der Waals surface area contributed by atoms with Crippen LogP contribution >= 0.6 is 23.6 Å². The minimum absolute atomic E-state index is 0.134. The highest BCUT2D eigenvalue weighted by molar-refractivity contribution is 7.80. The highest BCUT2D eigenvalue weighted by Crippen LogP contribution is 2.28. The van der Waals surface area contributed by atoms with E-state index in [0.717, 1.165) is 11.3 Å². The van der Waals surface area contributed by atoms with Gasteiger partial charge in [-0.05, 0) is 44.3 Å². The molecule has 1 aliphatic heterocycles. The molecule has 1 aliphatic rings. The van der Waals surface area contributed by atoms with Gasteiger partial charge in [0.25, 0.3) is 5.56 Å². The van der Waals surface area contributed by atoms with Gasteiger partial charge in [-0.25, -0.2) is 4.79 Å². The Hall–Kier alpha value is -3.40. The second kappa shape index (κ2) is 12.3. The fourth-order valence-electron chi connectivity index (χ4n) is 3.38. The van der Waals surface area contributed by atoms with E-state index in [1.54, 1.807) is 39.3 Å². The van der Waals surface area contributed by atoms with E-state index in [4.69, 9.17) is 26.4 Å². The Bertz CT molecular complexity index is 1310. The number of morpholine rings is 1. The number of anilines is 2. The first-order chi connectivity index (χ1) is 16.9. The van der Waals surface area contributed by atoms with Crippen LogP contribution in [0.2, 0.25) is 0 Å². The molecule has 0 amide bonds. The quantitative estimate of drug-likeness (QED) is 0.408. The number of benzene rings is 1. The molecule has 2 N–H and O–H groups in total. The zero-order chi connectivity index (χ0) is 25.4. The maximum Gasteiger partial charge on any atom is 0.351 e. The summed E-state index contributed by atoms with van der Waals surface area (Å²) in [5.41, 5.74) is 0.855. The lowest BCUT2D eigenvalue weighted by Crippen LogP contribution is -2.42. The Morgan fingerprint density at radius 3 is 2.71 bits per heavy atom. The fourth-order valence-corrected chi connectivity index (χ4v) is 4.75. The van der Waals surface area contributed by atoms with Crippen LogP contribution in [0.5, 0.6) is 5.75 Å². The molecule has 12 heteroatoms. The maximum absolute atomic E-state index is 12.9. The molecule has 0 bridgehead atoms. The van der Waals surface area contributed by atoms with Crippen molar-refractivity contribution in [3.8, 4) is 11.8 Å². The number of aromatic nitrogens is 1. The lowest BCUT2D eigenvalue weighted by molar-refractivity contribution is -0.136. The van der Waals surface area contributed by atoms with Gasteiger partial charge in [0.15, 0.2) is 10.7 Å². The van der Waals surface area contributed by atoms with Gasteiger partial charge in [0.1, 0.15) is 21.0 Å². The topological polar surface area (TPSA) is 118 Å². The van der Waals surface area contributed by atoms with Crippen molar-refractivity contribution in [2.75, 3.05) is 50.7 Å². The van der Waals surface area contributed by atoms with E-state index in [0.29, 0.717) is 59.6 Å². The first-order valence-electron chi connectivity index (χ1n) is 11.0. The summed E-state index contributed by atoms with van der Waals surface area (Å²) in [5.74, 6) is -0.138. The van der Waals surface area contributed by atoms with Crippen LogP contribution in [0.25, 0.3) is 11.8 Å². The lowest BCUT2D eigenvalue weighted by Gasteiger charge is -2.29. The average molecular weight is 518 g/mol. The standard InChI is InChI=1S/C23H27N5O5S2/c1-4-28-20(29)19(35-21(28)16(13-24)22(30)33-5-2)14-25-15-6-7-18(31-3)17(12-15)26-23(34)27-8-10-32-11-9-27/h6-7,12,14,25H,4-5,8-11H2,1-3H3,(H,26,34). The molecule has 1 aromatic heterocycles. The molecule has 2 heterocycles. The minimum Gasteiger partial charge on any atom is -0.495 e. The molecule has 0 atom stereocenters. The molecule has 186 valence electrons. The summed E-state index contributed by atoms with van der Waals surface area (Å²) < 4.78 is 17.8. The summed E-state index contributed by atoms with van der Waals surface area (Å²) in [4.78, 5) is 27.1. The molecule has 0 unspecified atom stereocenters. The molecule has 35 heavy (non-hydrogen) atoms. The number of hydrogen-bond acceptors (Lipinski definition) is 9. The smallest absolute Gasteiger partial charge is 0.351 e. The van der Waals surface area contributed by atoms with Gasteiger partial charge >= 0.3 is 5.97 Å². The number of methoxy groups -OCH3 is 1. The van der Waals surface area contributed by atoms with Crippen molar-refractivity contribution >= 4 is 57.8 Å². The highest BCUT2D eigenvalue weighted by Gasteiger charge is 2.17. The van der Waals surface area contributed by atoms with Crippen LogP contribution in [-0.2, 0) is 20.8 Å². The number of ether oxygens (including phenoxy) is 3. The van der Waals surface area contributed by atoms with Gasteiger partial charge in [0, 0.05) is 31.5 Å². The number of nitrogens with zero attached hydrogens (tertiary/aromatic N) is 3. The predicted molar refractivity (Wildman–Crippen MR) is 139 cm³/mol. The number of nitrogens with one attached hydrogen (secondary N) is 2. The molecule has 3 rings (SSSR count). The van der Waals surface area contributed by atoms with Crippen molar-refractivity contribution in [3.05, 3.63) is 37.7 Å². The number of carbonyl (C=O) groups excluding carboxylic acids is 1. The van der Waals surface area contributed by atoms with Crippen LogP contribution in [-0.4, -0.2) is 60.6 Å². The van der Waals surface area contributed by atoms with E-state index >= 15 is 0 Å². The Morgan fingerprint density at radius 2 is 2.09 bits per heavy atom. The summed E-state index contributed by atoms with van der Waals surface area (Å²) in [5, 5.41) is 16.4. The van der Waals surface area contributed by atoms with Crippen molar-refractivity contribution in [1.82, 2.24) is 9.47 Å². The predicted octanol–water partition coefficient (Wildman–Crippen LogP) is 1.05. The molecule has 0 saturated carbocycles. The van der Waals surface area contributed by atoms with Gasteiger partial charge in [-0.15, -0.1) is 11.3 Å². The monoisotopic (exact) mass is 517 g/mol. The SMILES string of the molecule is CCOC(=O)C(C#N)=c1sc(=CNc2ccc(OC)c(NC(=S)N3CCOCC3)c2)c(=O)n1CC. The molecule has 0 aliphatic carbocycles. The van der Waals surface area contributed by atoms with E-state index in [1.807, 2.05) is 17.0 Å². The number of esters is 1. The van der Waals surface area contributed by atoms with Crippen LogP contribution < -0.4 is 30.1 Å². The van der Waals surface area contributed by atoms with Crippen molar-refractivity contribution in [3.63, 3.8) is 0 Å². The van der Waals surface area contributed by atoms with E-state index in [1.165, 1.54) is 4.57 Å². The Morgan fingerprint density at radius 1 is 1.34 bits per heavy atom. The van der Waals surface area contributed by atoms with Gasteiger partial charge in [-0.3, -0.25) is 9.36 Å². The van der Waals surface area contributed by atoms with Crippen LogP contribution in [0.15, 0.2) is 23.0 Å². The van der Waals surface area contributed by atoms with Crippen molar-refractivity contribution in [1.29, 1.82) is 5.26 Å². The second-order valence-electron chi connectivity index (χ2n) is 7.26. The van der Waals surface area contributed by atoms with Gasteiger partial charge in [0.05, 0.1) is 32.6 Å².